The zero-order chi connectivity index (χ0) is 10.8. The van der Waals surface area contributed by atoms with E-state index in [9.17, 15) is 5.26 Å². The Bertz CT molecular complexity index is 206. The van der Waals surface area contributed by atoms with Gasteiger partial charge in [-0.2, -0.15) is 0 Å². The number of rotatable bonds is 2. The summed E-state index contributed by atoms with van der Waals surface area (Å²) in [5.74, 6) is 0. The van der Waals surface area contributed by atoms with Crippen LogP contribution in [0, 0.1) is 0 Å². The van der Waals surface area contributed by atoms with Crippen molar-refractivity contribution in [2.24, 2.45) is 0 Å². The SMILES string of the molecule is OOC1(C2(Br)CCCCC2)CCCCC1. The average molecular weight is 277 g/mol. The van der Waals surface area contributed by atoms with Gasteiger partial charge in [-0.05, 0) is 25.7 Å². The van der Waals surface area contributed by atoms with Crippen LogP contribution in [0.15, 0.2) is 0 Å². The lowest BCUT2D eigenvalue weighted by molar-refractivity contribution is -0.341. The quantitative estimate of drug-likeness (QED) is 0.464. The first-order chi connectivity index (χ1) is 7.22. The van der Waals surface area contributed by atoms with Crippen LogP contribution < -0.4 is 0 Å². The monoisotopic (exact) mass is 276 g/mol. The molecule has 0 amide bonds. The van der Waals surface area contributed by atoms with E-state index in [0.717, 1.165) is 25.7 Å². The molecule has 0 saturated heterocycles. The first-order valence-corrected chi connectivity index (χ1v) is 7.03. The van der Waals surface area contributed by atoms with Gasteiger partial charge in [-0.3, -0.25) is 5.26 Å². The number of halogens is 1. The molecule has 0 spiro atoms. The first kappa shape index (κ1) is 11.9. The highest BCUT2D eigenvalue weighted by Crippen LogP contribution is 2.51. The maximum Gasteiger partial charge on any atom is 0.118 e. The van der Waals surface area contributed by atoms with E-state index < -0.39 is 0 Å². The predicted octanol–water partition coefficient (Wildman–Crippen LogP) is 4.28. The van der Waals surface area contributed by atoms with Crippen LogP contribution in [-0.4, -0.2) is 15.2 Å². The number of hydrogen-bond donors (Lipinski definition) is 1. The van der Waals surface area contributed by atoms with E-state index in [4.69, 9.17) is 4.89 Å². The van der Waals surface area contributed by atoms with Gasteiger partial charge in [0.2, 0.25) is 0 Å². The Morgan fingerprint density at radius 3 is 1.73 bits per heavy atom. The van der Waals surface area contributed by atoms with Gasteiger partial charge in [-0.15, -0.1) is 0 Å². The molecule has 0 atom stereocenters. The van der Waals surface area contributed by atoms with Crippen LogP contribution in [0.2, 0.25) is 0 Å². The van der Waals surface area contributed by atoms with Gasteiger partial charge in [0.05, 0.1) is 4.32 Å². The van der Waals surface area contributed by atoms with Gasteiger partial charge >= 0.3 is 0 Å². The molecule has 1 N–H and O–H groups in total. The van der Waals surface area contributed by atoms with Crippen molar-refractivity contribution in [2.75, 3.05) is 0 Å². The normalized spacial score (nSPS) is 30.0. The summed E-state index contributed by atoms with van der Waals surface area (Å²) in [5, 5.41) is 9.33. The molecule has 0 aromatic heterocycles. The van der Waals surface area contributed by atoms with Gasteiger partial charge in [0.15, 0.2) is 0 Å². The van der Waals surface area contributed by atoms with E-state index >= 15 is 0 Å². The third kappa shape index (κ3) is 2.11. The average Bonchev–Trinajstić information content (AvgIpc) is 2.31. The Morgan fingerprint density at radius 1 is 0.800 bits per heavy atom. The minimum Gasteiger partial charge on any atom is -0.251 e. The Hall–Kier alpha value is 0.400. The smallest absolute Gasteiger partial charge is 0.118 e. The highest BCUT2D eigenvalue weighted by Gasteiger charge is 2.52. The molecule has 15 heavy (non-hydrogen) atoms. The van der Waals surface area contributed by atoms with Crippen molar-refractivity contribution in [2.45, 2.75) is 74.1 Å². The van der Waals surface area contributed by atoms with Crippen LogP contribution in [0.25, 0.3) is 0 Å². The topological polar surface area (TPSA) is 29.5 Å². The summed E-state index contributed by atoms with van der Waals surface area (Å²) in [5.41, 5.74) is -0.300. The van der Waals surface area contributed by atoms with E-state index in [1.165, 1.54) is 38.5 Å². The van der Waals surface area contributed by atoms with Crippen molar-refractivity contribution < 1.29 is 10.1 Å². The summed E-state index contributed by atoms with van der Waals surface area (Å²) in [4.78, 5) is 4.97. The van der Waals surface area contributed by atoms with Crippen LogP contribution in [0.3, 0.4) is 0 Å². The third-order valence-corrected chi connectivity index (χ3v) is 5.81. The second-order valence-electron chi connectivity index (χ2n) is 5.17. The van der Waals surface area contributed by atoms with Gasteiger partial charge in [0.25, 0.3) is 0 Å². The fraction of sp³-hybridized carbons (Fsp3) is 1.00. The van der Waals surface area contributed by atoms with E-state index in [2.05, 4.69) is 15.9 Å². The van der Waals surface area contributed by atoms with Gasteiger partial charge in [-0.25, -0.2) is 4.89 Å². The Kier molecular flexibility index (Phi) is 3.74. The fourth-order valence-corrected chi connectivity index (χ4v) is 4.34. The van der Waals surface area contributed by atoms with Crippen LogP contribution in [-0.2, 0) is 4.89 Å². The molecule has 2 aliphatic carbocycles. The van der Waals surface area contributed by atoms with Crippen molar-refractivity contribution >= 4 is 15.9 Å². The summed E-state index contributed by atoms with van der Waals surface area (Å²) in [6.45, 7) is 0. The molecule has 0 aromatic carbocycles. The predicted molar refractivity (Wildman–Crippen MR) is 64.3 cm³/mol. The lowest BCUT2D eigenvalue weighted by Crippen LogP contribution is -2.53. The molecule has 3 heteroatoms. The molecule has 0 bridgehead atoms. The molecule has 0 unspecified atom stereocenters. The first-order valence-electron chi connectivity index (χ1n) is 6.24. The molecule has 0 radical (unpaired) electrons. The maximum atomic E-state index is 9.33. The molecule has 0 aliphatic heterocycles. The van der Waals surface area contributed by atoms with E-state index in [-0.39, 0.29) is 9.93 Å². The van der Waals surface area contributed by atoms with Gasteiger partial charge < -0.3 is 0 Å². The molecule has 2 aliphatic rings. The van der Waals surface area contributed by atoms with Gasteiger partial charge in [0.1, 0.15) is 5.60 Å². The van der Waals surface area contributed by atoms with Crippen LogP contribution in [0.1, 0.15) is 64.2 Å². The lowest BCUT2D eigenvalue weighted by Gasteiger charge is -2.48. The van der Waals surface area contributed by atoms with E-state index in [0.29, 0.717) is 0 Å². The standard InChI is InChI=1S/C12H21BrO2/c13-11(7-3-1-4-8-11)12(15-14)9-5-2-6-10-12/h14H,1-10H2. The zero-order valence-electron chi connectivity index (χ0n) is 9.30. The van der Waals surface area contributed by atoms with Crippen molar-refractivity contribution in [1.82, 2.24) is 0 Å². The minimum atomic E-state index is -0.300. The Balaban J connectivity index is 2.15. The number of alkyl halides is 1. The summed E-state index contributed by atoms with van der Waals surface area (Å²) < 4.78 is 0.0351. The molecule has 2 nitrogen and oxygen atoms in total. The largest absolute Gasteiger partial charge is 0.251 e. The zero-order valence-corrected chi connectivity index (χ0v) is 10.9. The van der Waals surface area contributed by atoms with Crippen molar-refractivity contribution in [3.8, 4) is 0 Å². The molecular weight excluding hydrogens is 256 g/mol. The third-order valence-electron chi connectivity index (χ3n) is 4.30. The molecule has 2 fully saturated rings. The van der Waals surface area contributed by atoms with Crippen LogP contribution in [0.5, 0.6) is 0 Å². The highest BCUT2D eigenvalue weighted by atomic mass is 79.9. The summed E-state index contributed by atoms with van der Waals surface area (Å²) in [7, 11) is 0. The van der Waals surface area contributed by atoms with Crippen molar-refractivity contribution in [3.63, 3.8) is 0 Å². The molecule has 2 saturated carbocycles. The molecule has 88 valence electrons. The van der Waals surface area contributed by atoms with Crippen LogP contribution in [0.4, 0.5) is 0 Å². The Morgan fingerprint density at radius 2 is 1.27 bits per heavy atom. The molecule has 0 aromatic rings. The molecular formula is C12H21BrO2. The second kappa shape index (κ2) is 4.72. The number of hydrogen-bond acceptors (Lipinski definition) is 2. The lowest BCUT2D eigenvalue weighted by atomic mass is 9.69. The fourth-order valence-electron chi connectivity index (χ4n) is 3.31. The van der Waals surface area contributed by atoms with Crippen molar-refractivity contribution in [1.29, 1.82) is 0 Å². The summed E-state index contributed by atoms with van der Waals surface area (Å²) >= 11 is 3.89. The van der Waals surface area contributed by atoms with Crippen LogP contribution >= 0.6 is 15.9 Å². The van der Waals surface area contributed by atoms with Crippen molar-refractivity contribution in [3.05, 3.63) is 0 Å². The highest BCUT2D eigenvalue weighted by molar-refractivity contribution is 9.10. The second-order valence-corrected chi connectivity index (χ2v) is 6.69. The maximum absolute atomic E-state index is 9.33. The van der Waals surface area contributed by atoms with E-state index in [1.807, 2.05) is 0 Å². The van der Waals surface area contributed by atoms with E-state index in [1.54, 1.807) is 0 Å². The molecule has 0 heterocycles. The summed E-state index contributed by atoms with van der Waals surface area (Å²) in [6.07, 6.45) is 11.8. The Labute approximate surface area is 100 Å². The summed E-state index contributed by atoms with van der Waals surface area (Å²) in [6, 6.07) is 0. The van der Waals surface area contributed by atoms with Gasteiger partial charge in [0, 0.05) is 0 Å². The minimum absolute atomic E-state index is 0.0351. The van der Waals surface area contributed by atoms with Gasteiger partial charge in [-0.1, -0.05) is 54.5 Å². The molecule has 2 rings (SSSR count).